The number of allylic oxidation sites excluding steroid dienone is 8. The number of hydrogen-bond acceptors (Lipinski definition) is 0. The van der Waals surface area contributed by atoms with Gasteiger partial charge in [0.05, 0.1) is 0 Å². The van der Waals surface area contributed by atoms with Crippen molar-refractivity contribution in [1.82, 2.24) is 0 Å². The van der Waals surface area contributed by atoms with Gasteiger partial charge in [-0.05, 0) is 32.1 Å². The molecule has 70 valence electrons. The van der Waals surface area contributed by atoms with E-state index in [-0.39, 0.29) is 0 Å². The first kappa shape index (κ1) is 10.0. The minimum Gasteiger partial charge on any atom is -0.0885 e. The van der Waals surface area contributed by atoms with Gasteiger partial charge in [-0.3, -0.25) is 0 Å². The van der Waals surface area contributed by atoms with Crippen LogP contribution in [0.15, 0.2) is 48.6 Å². The van der Waals surface area contributed by atoms with Crippen LogP contribution in [0, 0.1) is 0 Å². The van der Waals surface area contributed by atoms with Gasteiger partial charge in [-0.2, -0.15) is 0 Å². The maximum atomic E-state index is 2.30. The zero-order valence-electron chi connectivity index (χ0n) is 8.15. The lowest BCUT2D eigenvalue weighted by molar-refractivity contribution is 0.863. The van der Waals surface area contributed by atoms with Crippen LogP contribution in [-0.2, 0) is 0 Å². The average Bonchev–Trinajstić information content (AvgIpc) is 2.18. The van der Waals surface area contributed by atoms with Gasteiger partial charge in [0.15, 0.2) is 0 Å². The van der Waals surface area contributed by atoms with E-state index in [1.807, 2.05) is 0 Å². The van der Waals surface area contributed by atoms with Crippen LogP contribution in [0.2, 0.25) is 0 Å². The topological polar surface area (TPSA) is 0 Å². The van der Waals surface area contributed by atoms with E-state index in [2.05, 4.69) is 48.6 Å². The van der Waals surface area contributed by atoms with E-state index in [4.69, 9.17) is 0 Å². The normalized spacial score (nSPS) is 24.0. The van der Waals surface area contributed by atoms with Crippen molar-refractivity contribution in [3.05, 3.63) is 48.6 Å². The lowest BCUT2D eigenvalue weighted by Gasteiger charge is -1.89. The maximum absolute atomic E-state index is 2.30. The molecule has 0 aromatic carbocycles. The minimum atomic E-state index is 1.16. The molecule has 0 amide bonds. The fraction of sp³-hybridized carbons (Fsp3) is 0.385. The van der Waals surface area contributed by atoms with Crippen molar-refractivity contribution >= 4 is 0 Å². The number of rotatable bonds is 0. The number of hydrogen-bond donors (Lipinski definition) is 0. The highest BCUT2D eigenvalue weighted by molar-refractivity contribution is 5.11. The average molecular weight is 174 g/mol. The Bertz CT molecular complexity index is 216. The highest BCUT2D eigenvalue weighted by atomic mass is 13.9. The smallest absolute Gasteiger partial charge is 0.0313 e. The zero-order valence-corrected chi connectivity index (χ0v) is 8.15. The van der Waals surface area contributed by atoms with Crippen molar-refractivity contribution < 1.29 is 0 Å². The molecule has 0 atom stereocenters. The zero-order chi connectivity index (χ0) is 9.19. The quantitative estimate of drug-likeness (QED) is 0.483. The molecule has 0 heteroatoms. The van der Waals surface area contributed by atoms with Crippen molar-refractivity contribution in [1.29, 1.82) is 0 Å². The molecule has 1 aliphatic carbocycles. The Morgan fingerprint density at radius 1 is 0.462 bits per heavy atom. The summed E-state index contributed by atoms with van der Waals surface area (Å²) in [7, 11) is 0. The third-order valence-electron chi connectivity index (χ3n) is 2.01. The summed E-state index contributed by atoms with van der Waals surface area (Å²) >= 11 is 0. The molecule has 0 heterocycles. The highest BCUT2D eigenvalue weighted by Gasteiger charge is 1.81. The Balaban J connectivity index is 2.38. The van der Waals surface area contributed by atoms with Crippen LogP contribution in [0.5, 0.6) is 0 Å². The van der Waals surface area contributed by atoms with Gasteiger partial charge >= 0.3 is 0 Å². The van der Waals surface area contributed by atoms with Gasteiger partial charge in [-0.15, -0.1) is 0 Å². The molecule has 0 aliphatic heterocycles. The molecule has 0 saturated heterocycles. The van der Waals surface area contributed by atoms with E-state index in [1.54, 1.807) is 0 Å². The van der Waals surface area contributed by atoms with Crippen LogP contribution in [0.4, 0.5) is 0 Å². The summed E-state index contributed by atoms with van der Waals surface area (Å²) in [5.74, 6) is 0. The molecule has 0 fully saturated rings. The molecule has 0 nitrogen and oxygen atoms in total. The summed E-state index contributed by atoms with van der Waals surface area (Å²) in [6.07, 6.45) is 23.5. The van der Waals surface area contributed by atoms with Gasteiger partial charge in [0, 0.05) is 0 Å². The molecule has 0 aromatic rings. The van der Waals surface area contributed by atoms with Crippen molar-refractivity contribution in [2.24, 2.45) is 0 Å². The van der Waals surface area contributed by atoms with Gasteiger partial charge in [-0.25, -0.2) is 0 Å². The van der Waals surface area contributed by atoms with Crippen LogP contribution >= 0.6 is 0 Å². The minimum absolute atomic E-state index is 1.16. The molecule has 0 N–H and O–H groups in total. The molecule has 0 saturated carbocycles. The summed E-state index contributed by atoms with van der Waals surface area (Å²) in [5.41, 5.74) is 0. The summed E-state index contributed by atoms with van der Waals surface area (Å²) in [6, 6.07) is 0. The van der Waals surface area contributed by atoms with Crippen LogP contribution in [0.25, 0.3) is 0 Å². The Hall–Kier alpha value is -1.04. The lowest BCUT2D eigenvalue weighted by atomic mass is 10.2. The molecule has 0 radical (unpaired) electrons. The van der Waals surface area contributed by atoms with E-state index >= 15 is 0 Å². The molecular weight excluding hydrogens is 156 g/mol. The van der Waals surface area contributed by atoms with E-state index in [1.165, 1.54) is 25.7 Å². The third kappa shape index (κ3) is 6.15. The Morgan fingerprint density at radius 2 is 1.00 bits per heavy atom. The second kappa shape index (κ2) is 7.60. The summed E-state index contributed by atoms with van der Waals surface area (Å²) in [5, 5.41) is 0. The Morgan fingerprint density at radius 3 is 1.85 bits per heavy atom. The van der Waals surface area contributed by atoms with Gasteiger partial charge in [-0.1, -0.05) is 48.6 Å². The Kier molecular flexibility index (Phi) is 5.87. The van der Waals surface area contributed by atoms with Crippen LogP contribution in [0.3, 0.4) is 0 Å². The first-order valence-electron chi connectivity index (χ1n) is 5.13. The summed E-state index contributed by atoms with van der Waals surface area (Å²) in [4.78, 5) is 0. The van der Waals surface area contributed by atoms with E-state index < -0.39 is 0 Å². The molecule has 13 heavy (non-hydrogen) atoms. The monoisotopic (exact) mass is 174 g/mol. The van der Waals surface area contributed by atoms with Crippen LogP contribution < -0.4 is 0 Å². The van der Waals surface area contributed by atoms with Gasteiger partial charge in [0.2, 0.25) is 0 Å². The SMILES string of the molecule is C1=C/C=C\CC/C=C/CCCC=C1. The first-order chi connectivity index (χ1) is 6.50. The molecule has 0 unspecified atom stereocenters. The molecule has 1 rings (SSSR count). The van der Waals surface area contributed by atoms with Crippen molar-refractivity contribution in [2.75, 3.05) is 0 Å². The second-order valence-corrected chi connectivity index (χ2v) is 3.22. The van der Waals surface area contributed by atoms with Crippen LogP contribution in [-0.4, -0.2) is 0 Å². The first-order valence-corrected chi connectivity index (χ1v) is 5.13. The largest absolute Gasteiger partial charge is 0.0885 e. The lowest BCUT2D eigenvalue weighted by Crippen LogP contribution is -1.69. The van der Waals surface area contributed by atoms with Crippen molar-refractivity contribution in [2.45, 2.75) is 32.1 Å². The summed E-state index contributed by atoms with van der Waals surface area (Å²) in [6.45, 7) is 0. The molecule has 0 spiro atoms. The van der Waals surface area contributed by atoms with Crippen molar-refractivity contribution in [3.8, 4) is 0 Å². The predicted molar refractivity (Wildman–Crippen MR) is 59.6 cm³/mol. The van der Waals surface area contributed by atoms with E-state index in [0.29, 0.717) is 0 Å². The fourth-order valence-corrected chi connectivity index (χ4v) is 1.26. The predicted octanol–water partition coefficient (Wildman–Crippen LogP) is 4.18. The van der Waals surface area contributed by atoms with Crippen LogP contribution in [0.1, 0.15) is 32.1 Å². The maximum Gasteiger partial charge on any atom is -0.0313 e. The molecular formula is C13H18. The highest BCUT2D eigenvalue weighted by Crippen LogP contribution is 2.01. The van der Waals surface area contributed by atoms with Gasteiger partial charge < -0.3 is 0 Å². The van der Waals surface area contributed by atoms with E-state index in [9.17, 15) is 0 Å². The van der Waals surface area contributed by atoms with E-state index in [0.717, 1.165) is 6.42 Å². The third-order valence-corrected chi connectivity index (χ3v) is 2.01. The fourth-order valence-electron chi connectivity index (χ4n) is 1.26. The van der Waals surface area contributed by atoms with Crippen molar-refractivity contribution in [3.63, 3.8) is 0 Å². The van der Waals surface area contributed by atoms with Gasteiger partial charge in [0.1, 0.15) is 0 Å². The molecule has 0 aromatic heterocycles. The standard InChI is InChI=1S/C13H18/c1-2-4-6-8-10-12-13-11-9-7-5-3-1/h1-6,11,13H,7-10,12H2/b2-1?,5-3-,6-4?,13-11+. The van der Waals surface area contributed by atoms with Gasteiger partial charge in [0.25, 0.3) is 0 Å². The molecule has 1 aliphatic rings. The Labute approximate surface area is 81.4 Å². The summed E-state index contributed by atoms with van der Waals surface area (Å²) < 4.78 is 0. The second-order valence-electron chi connectivity index (χ2n) is 3.22. The molecule has 0 bridgehead atoms.